The number of hydrogen-bond acceptors (Lipinski definition) is 5. The molecular weight excluding hydrogens is 184 g/mol. The van der Waals surface area contributed by atoms with Crippen LogP contribution in [0.2, 0.25) is 0 Å². The molecule has 4 nitrogen and oxygen atoms in total. The van der Waals surface area contributed by atoms with Crippen LogP contribution in [0.15, 0.2) is 6.33 Å². The summed E-state index contributed by atoms with van der Waals surface area (Å²) in [5.41, 5.74) is 1.49. The molecule has 0 fully saturated rings. The van der Waals surface area contributed by atoms with Crippen molar-refractivity contribution >= 4 is 21.7 Å². The molecule has 2 rings (SSSR count). The molecule has 13 heavy (non-hydrogen) atoms. The summed E-state index contributed by atoms with van der Waals surface area (Å²) >= 11 is 1.52. The van der Waals surface area contributed by atoms with E-state index in [9.17, 15) is 0 Å². The topological polar surface area (TPSA) is 62.5 Å². The highest BCUT2D eigenvalue weighted by molar-refractivity contribution is 7.18. The van der Waals surface area contributed by atoms with Crippen LogP contribution in [-0.2, 0) is 6.42 Å². The number of nitrogens with zero attached hydrogens (tertiary/aromatic N) is 4. The first kappa shape index (κ1) is 8.08. The van der Waals surface area contributed by atoms with E-state index in [1.54, 1.807) is 0 Å². The quantitative estimate of drug-likeness (QED) is 0.683. The molecule has 0 saturated heterocycles. The molecule has 0 aliphatic carbocycles. The summed E-state index contributed by atoms with van der Waals surface area (Å²) in [6.45, 7) is 1.92. The van der Waals surface area contributed by atoms with Gasteiger partial charge in [0.1, 0.15) is 16.7 Å². The van der Waals surface area contributed by atoms with Gasteiger partial charge in [0.15, 0.2) is 0 Å². The summed E-state index contributed by atoms with van der Waals surface area (Å²) in [6, 6.07) is 2.06. The molecule has 0 amide bonds. The monoisotopic (exact) mass is 190 g/mol. The highest BCUT2D eigenvalue weighted by Crippen LogP contribution is 2.20. The highest BCUT2D eigenvalue weighted by atomic mass is 32.1. The first-order valence-corrected chi connectivity index (χ1v) is 4.57. The van der Waals surface area contributed by atoms with Gasteiger partial charge in [0.05, 0.1) is 23.2 Å². The normalized spacial score (nSPS) is 10.2. The van der Waals surface area contributed by atoms with Crippen LogP contribution in [0.4, 0.5) is 0 Å². The van der Waals surface area contributed by atoms with E-state index in [-0.39, 0.29) is 0 Å². The Balaban J connectivity index is 2.69. The molecule has 0 atom stereocenters. The van der Waals surface area contributed by atoms with E-state index in [0.717, 1.165) is 21.0 Å². The molecular formula is C8H6N4S. The number of thiazole rings is 1. The molecule has 64 valence electrons. The van der Waals surface area contributed by atoms with Gasteiger partial charge in [0.25, 0.3) is 0 Å². The van der Waals surface area contributed by atoms with Gasteiger partial charge in [0, 0.05) is 0 Å². The minimum atomic E-state index is 0.294. The van der Waals surface area contributed by atoms with Crippen LogP contribution < -0.4 is 0 Å². The second-order valence-electron chi connectivity index (χ2n) is 2.54. The SMILES string of the molecule is Cc1nc2c(CC#N)ncnc2s1. The minimum Gasteiger partial charge on any atom is -0.238 e. The number of rotatable bonds is 1. The van der Waals surface area contributed by atoms with E-state index in [1.807, 2.05) is 6.92 Å². The molecule has 0 N–H and O–H groups in total. The fourth-order valence-corrected chi connectivity index (χ4v) is 1.88. The Morgan fingerprint density at radius 1 is 1.54 bits per heavy atom. The smallest absolute Gasteiger partial charge is 0.147 e. The van der Waals surface area contributed by atoms with Gasteiger partial charge in [-0.15, -0.1) is 0 Å². The largest absolute Gasteiger partial charge is 0.238 e. The molecule has 0 aliphatic heterocycles. The summed E-state index contributed by atoms with van der Waals surface area (Å²) < 4.78 is 0. The molecule has 2 aromatic heterocycles. The molecule has 2 aromatic rings. The first-order chi connectivity index (χ1) is 6.31. The van der Waals surface area contributed by atoms with Crippen molar-refractivity contribution < 1.29 is 0 Å². The van der Waals surface area contributed by atoms with Gasteiger partial charge in [-0.2, -0.15) is 5.26 Å². The first-order valence-electron chi connectivity index (χ1n) is 3.75. The predicted molar refractivity (Wildman–Crippen MR) is 49.3 cm³/mol. The van der Waals surface area contributed by atoms with Crippen molar-refractivity contribution in [3.63, 3.8) is 0 Å². The zero-order valence-corrected chi connectivity index (χ0v) is 7.80. The third kappa shape index (κ3) is 1.36. The van der Waals surface area contributed by atoms with Crippen molar-refractivity contribution in [2.45, 2.75) is 13.3 Å². The fraction of sp³-hybridized carbons (Fsp3) is 0.250. The third-order valence-corrected chi connectivity index (χ3v) is 2.50. The van der Waals surface area contributed by atoms with Crippen LogP contribution in [-0.4, -0.2) is 15.0 Å². The van der Waals surface area contributed by atoms with E-state index in [4.69, 9.17) is 5.26 Å². The van der Waals surface area contributed by atoms with Crippen molar-refractivity contribution in [3.8, 4) is 6.07 Å². The molecule has 0 aromatic carbocycles. The van der Waals surface area contributed by atoms with E-state index < -0.39 is 0 Å². The summed E-state index contributed by atoms with van der Waals surface area (Å²) in [7, 11) is 0. The Bertz CT molecular complexity index is 482. The van der Waals surface area contributed by atoms with Crippen LogP contribution in [0.1, 0.15) is 10.7 Å². The maximum Gasteiger partial charge on any atom is 0.147 e. The van der Waals surface area contributed by atoms with Gasteiger partial charge < -0.3 is 0 Å². The average Bonchev–Trinajstić information content (AvgIpc) is 2.47. The lowest BCUT2D eigenvalue weighted by molar-refractivity contribution is 1.08. The van der Waals surface area contributed by atoms with E-state index in [0.29, 0.717) is 6.42 Å². The number of nitriles is 1. The fourth-order valence-electron chi connectivity index (χ4n) is 1.11. The summed E-state index contributed by atoms with van der Waals surface area (Å²) in [5.74, 6) is 0. The van der Waals surface area contributed by atoms with E-state index >= 15 is 0 Å². The van der Waals surface area contributed by atoms with E-state index in [1.165, 1.54) is 17.7 Å². The van der Waals surface area contributed by atoms with E-state index in [2.05, 4.69) is 21.0 Å². The molecule has 5 heteroatoms. The minimum absolute atomic E-state index is 0.294. The second kappa shape index (κ2) is 3.07. The molecule has 0 saturated carbocycles. The van der Waals surface area contributed by atoms with Gasteiger partial charge in [-0.25, -0.2) is 15.0 Å². The Labute approximate surface area is 78.9 Å². The Hall–Kier alpha value is -1.54. The van der Waals surface area contributed by atoms with Gasteiger partial charge >= 0.3 is 0 Å². The Morgan fingerprint density at radius 3 is 3.15 bits per heavy atom. The summed E-state index contributed by atoms with van der Waals surface area (Å²) in [6.07, 6.45) is 1.77. The predicted octanol–water partition coefficient (Wildman–Crippen LogP) is 1.46. The number of aromatic nitrogens is 3. The molecule has 0 bridgehead atoms. The lowest BCUT2D eigenvalue weighted by Gasteiger charge is -1.92. The van der Waals surface area contributed by atoms with Crippen molar-refractivity contribution in [1.29, 1.82) is 5.26 Å². The second-order valence-corrected chi connectivity index (χ2v) is 3.72. The lowest BCUT2D eigenvalue weighted by atomic mass is 10.3. The van der Waals surface area contributed by atoms with Gasteiger partial charge in [-0.3, -0.25) is 0 Å². The van der Waals surface area contributed by atoms with Crippen LogP contribution in [0.5, 0.6) is 0 Å². The maximum atomic E-state index is 8.55. The molecule has 2 heterocycles. The van der Waals surface area contributed by atoms with Crippen LogP contribution in [0.25, 0.3) is 10.3 Å². The lowest BCUT2D eigenvalue weighted by Crippen LogP contribution is -1.90. The van der Waals surface area contributed by atoms with Crippen molar-refractivity contribution in [2.24, 2.45) is 0 Å². The van der Waals surface area contributed by atoms with Crippen LogP contribution >= 0.6 is 11.3 Å². The zero-order valence-electron chi connectivity index (χ0n) is 6.98. The van der Waals surface area contributed by atoms with Crippen molar-refractivity contribution in [1.82, 2.24) is 15.0 Å². The molecule has 0 unspecified atom stereocenters. The van der Waals surface area contributed by atoms with Crippen LogP contribution in [0.3, 0.4) is 0 Å². The van der Waals surface area contributed by atoms with Crippen molar-refractivity contribution in [2.75, 3.05) is 0 Å². The van der Waals surface area contributed by atoms with Crippen LogP contribution in [0, 0.1) is 18.3 Å². The molecule has 0 radical (unpaired) electrons. The van der Waals surface area contributed by atoms with Gasteiger partial charge in [-0.1, -0.05) is 11.3 Å². The van der Waals surface area contributed by atoms with Gasteiger partial charge in [-0.05, 0) is 6.92 Å². The maximum absolute atomic E-state index is 8.55. The zero-order chi connectivity index (χ0) is 9.26. The molecule has 0 aliphatic rings. The highest BCUT2D eigenvalue weighted by Gasteiger charge is 2.07. The summed E-state index contributed by atoms with van der Waals surface area (Å²) in [5, 5.41) is 9.50. The summed E-state index contributed by atoms with van der Waals surface area (Å²) in [4.78, 5) is 13.2. The number of hydrogen-bond donors (Lipinski definition) is 0. The molecule has 0 spiro atoms. The van der Waals surface area contributed by atoms with Crippen molar-refractivity contribution in [3.05, 3.63) is 17.0 Å². The third-order valence-electron chi connectivity index (χ3n) is 1.62. The average molecular weight is 190 g/mol. The Kier molecular flexibility index (Phi) is 1.91. The number of aryl methyl sites for hydroxylation is 1. The Morgan fingerprint density at radius 2 is 2.38 bits per heavy atom. The number of fused-ring (bicyclic) bond motifs is 1. The standard InChI is InChI=1S/C8H6N4S/c1-5-12-7-6(2-3-9)10-4-11-8(7)13-5/h4H,2H2,1H3. The van der Waals surface area contributed by atoms with Gasteiger partial charge in [0.2, 0.25) is 0 Å².